The Morgan fingerprint density at radius 1 is 0.456 bits per heavy atom. The highest BCUT2D eigenvalue weighted by atomic mass is 79.9. The number of hydrogen-bond donors (Lipinski definition) is 0. The zero-order valence-corrected chi connectivity index (χ0v) is 38.7. The smallest absolute Gasteiger partial charge is 0.0604 e. The van der Waals surface area contributed by atoms with Gasteiger partial charge in [-0.25, -0.2) is 0 Å². The van der Waals surface area contributed by atoms with Crippen molar-refractivity contribution in [3.8, 4) is 0 Å². The summed E-state index contributed by atoms with van der Waals surface area (Å²) in [7, 11) is 0. The lowest BCUT2D eigenvalue weighted by atomic mass is 9.78. The fraction of sp³-hybridized carbons (Fsp3) is 0.444. The highest BCUT2D eigenvalue weighted by Crippen LogP contribution is 2.56. The van der Waals surface area contributed by atoms with Gasteiger partial charge in [-0.05, 0) is 176 Å². The molecule has 3 unspecified atom stereocenters. The van der Waals surface area contributed by atoms with E-state index in [-0.39, 0.29) is 21.7 Å². The number of nitrogens with zero attached hydrogens (tertiary/aromatic N) is 2. The lowest BCUT2D eigenvalue weighted by Gasteiger charge is -2.35. The van der Waals surface area contributed by atoms with Crippen LogP contribution in [0, 0.1) is 18.8 Å². The van der Waals surface area contributed by atoms with Crippen molar-refractivity contribution in [1.29, 1.82) is 0 Å². The Kier molecular flexibility index (Phi) is 10.9. The second-order valence-electron chi connectivity index (χ2n) is 21.5. The number of fused-ring (bicyclic) bond motifs is 2. The molecule has 0 N–H and O–H groups in total. The number of halogens is 1. The largest absolute Gasteiger partial charge is 0.310 e. The van der Waals surface area contributed by atoms with Crippen LogP contribution in [0.3, 0.4) is 0 Å². The summed E-state index contributed by atoms with van der Waals surface area (Å²) >= 11 is 4.15. The van der Waals surface area contributed by atoms with Crippen molar-refractivity contribution in [3.05, 3.63) is 141 Å². The van der Waals surface area contributed by atoms with Crippen molar-refractivity contribution < 1.29 is 0 Å². The number of anilines is 6. The SMILES string of the molecule is Cc1cc(N(c2ccc(C(C)(C)C)cc2)c2ccc(C(C)(C)C)cc2)cc(N(c2ccc(C(C)(C)C)cc2Br)c2ccc(C(C)(C)C)cc2C2CC3CCC2C3)c1. The quantitative estimate of drug-likeness (QED) is 0.161. The third-order valence-corrected chi connectivity index (χ3v) is 13.5. The van der Waals surface area contributed by atoms with E-state index >= 15 is 0 Å². The van der Waals surface area contributed by atoms with E-state index in [0.717, 1.165) is 33.4 Å². The van der Waals surface area contributed by atoms with E-state index < -0.39 is 0 Å². The third-order valence-electron chi connectivity index (χ3n) is 12.9. The zero-order valence-electron chi connectivity index (χ0n) is 37.1. The van der Waals surface area contributed by atoms with Crippen LogP contribution in [0.5, 0.6) is 0 Å². The van der Waals surface area contributed by atoms with Crippen LogP contribution in [0.25, 0.3) is 0 Å². The Hall–Kier alpha value is -3.82. The molecule has 2 aliphatic carbocycles. The predicted octanol–water partition coefficient (Wildman–Crippen LogP) is 16.8. The number of benzene rings is 5. The number of aryl methyl sites for hydroxylation is 1. The van der Waals surface area contributed by atoms with Gasteiger partial charge in [0.05, 0.1) is 5.69 Å². The van der Waals surface area contributed by atoms with Gasteiger partial charge >= 0.3 is 0 Å². The third kappa shape index (κ3) is 8.66. The lowest BCUT2D eigenvalue weighted by molar-refractivity contribution is 0.419. The Bertz CT molecular complexity index is 2160. The van der Waals surface area contributed by atoms with Crippen LogP contribution in [0.1, 0.15) is 148 Å². The summed E-state index contributed by atoms with van der Waals surface area (Å²) in [6.45, 7) is 30.0. The van der Waals surface area contributed by atoms with Crippen LogP contribution in [-0.4, -0.2) is 0 Å². The van der Waals surface area contributed by atoms with Crippen LogP contribution in [0.2, 0.25) is 0 Å². The van der Waals surface area contributed by atoms with Gasteiger partial charge in [-0.15, -0.1) is 0 Å². The summed E-state index contributed by atoms with van der Waals surface area (Å²) in [5, 5.41) is 0. The molecule has 5 aromatic carbocycles. The fourth-order valence-electron chi connectivity index (χ4n) is 9.38. The second kappa shape index (κ2) is 15.1. The first-order valence-corrected chi connectivity index (χ1v) is 22.2. The summed E-state index contributed by atoms with van der Waals surface area (Å²) < 4.78 is 1.11. The molecule has 2 aliphatic rings. The monoisotopic (exact) mass is 822 g/mol. The summed E-state index contributed by atoms with van der Waals surface area (Å²) in [6, 6.07) is 40.1. The van der Waals surface area contributed by atoms with Gasteiger partial charge in [0.25, 0.3) is 0 Å². The molecule has 0 amide bonds. The minimum Gasteiger partial charge on any atom is -0.310 e. The van der Waals surface area contributed by atoms with E-state index in [2.05, 4.69) is 219 Å². The Labute approximate surface area is 354 Å². The molecule has 300 valence electrons. The number of hydrogen-bond acceptors (Lipinski definition) is 2. The average Bonchev–Trinajstić information content (AvgIpc) is 3.76. The summed E-state index contributed by atoms with van der Waals surface area (Å²) in [5.74, 6) is 2.18. The van der Waals surface area contributed by atoms with E-state index in [1.54, 1.807) is 0 Å². The normalized spacial score (nSPS) is 18.6. The maximum absolute atomic E-state index is 4.15. The first kappa shape index (κ1) is 41.3. The van der Waals surface area contributed by atoms with Crippen LogP contribution in [0.4, 0.5) is 34.1 Å². The summed E-state index contributed by atoms with van der Waals surface area (Å²) in [5.41, 5.74) is 15.5. The molecule has 0 spiro atoms. The van der Waals surface area contributed by atoms with Gasteiger partial charge in [0.15, 0.2) is 0 Å². The molecule has 0 radical (unpaired) electrons. The highest BCUT2D eigenvalue weighted by Gasteiger charge is 2.42. The van der Waals surface area contributed by atoms with E-state index in [0.29, 0.717) is 5.92 Å². The van der Waals surface area contributed by atoms with Crippen LogP contribution >= 0.6 is 15.9 Å². The van der Waals surface area contributed by atoms with Crippen molar-refractivity contribution in [2.75, 3.05) is 9.80 Å². The van der Waals surface area contributed by atoms with Gasteiger partial charge in [0, 0.05) is 32.9 Å². The highest BCUT2D eigenvalue weighted by molar-refractivity contribution is 9.10. The molecule has 3 heteroatoms. The molecule has 0 aromatic heterocycles. The van der Waals surface area contributed by atoms with Crippen molar-refractivity contribution in [2.24, 2.45) is 11.8 Å². The first-order chi connectivity index (χ1) is 26.6. The minimum absolute atomic E-state index is 0.0383. The molecular formula is C54H67BrN2. The zero-order chi connectivity index (χ0) is 41.2. The van der Waals surface area contributed by atoms with Crippen molar-refractivity contribution in [3.63, 3.8) is 0 Å². The average molecular weight is 824 g/mol. The van der Waals surface area contributed by atoms with E-state index in [9.17, 15) is 0 Å². The molecule has 0 aliphatic heterocycles. The molecule has 0 saturated heterocycles. The molecule has 2 fully saturated rings. The molecule has 7 rings (SSSR count). The van der Waals surface area contributed by atoms with Crippen molar-refractivity contribution in [1.82, 2.24) is 0 Å². The summed E-state index contributed by atoms with van der Waals surface area (Å²) in [6.07, 6.45) is 5.41. The molecule has 0 heterocycles. The van der Waals surface area contributed by atoms with Crippen LogP contribution in [-0.2, 0) is 21.7 Å². The first-order valence-electron chi connectivity index (χ1n) is 21.5. The minimum atomic E-state index is 0.0383. The Balaban J connectivity index is 1.46. The molecule has 2 saturated carbocycles. The van der Waals surface area contributed by atoms with E-state index in [4.69, 9.17) is 0 Å². The molecule has 3 atom stereocenters. The Morgan fingerprint density at radius 2 is 0.912 bits per heavy atom. The molecule has 2 nitrogen and oxygen atoms in total. The standard InChI is InChI=1S/C54H67BrN2/c1-35-28-44(56(42-22-16-38(17-23-42)51(2,3)4)43-24-18-39(19-25-43)52(5,6)7)34-45(29-35)57(50-27-21-41(33-48(50)55)54(11,12)13)49-26-20-40(53(8,9)10)32-47(49)46-31-36-14-15-37(46)30-36/h16-29,32-34,36-37,46H,14-15,30-31H2,1-13H3. The molecular weight excluding hydrogens is 757 g/mol. The van der Waals surface area contributed by atoms with Gasteiger partial charge in [-0.2, -0.15) is 0 Å². The number of rotatable bonds is 7. The molecule has 2 bridgehead atoms. The van der Waals surface area contributed by atoms with Crippen LogP contribution in [0.15, 0.2) is 108 Å². The maximum Gasteiger partial charge on any atom is 0.0604 e. The van der Waals surface area contributed by atoms with E-state index in [1.165, 1.54) is 76.1 Å². The van der Waals surface area contributed by atoms with Crippen LogP contribution < -0.4 is 9.80 Å². The van der Waals surface area contributed by atoms with E-state index in [1.807, 2.05) is 0 Å². The fourth-order valence-corrected chi connectivity index (χ4v) is 9.94. The van der Waals surface area contributed by atoms with Gasteiger partial charge in [0.2, 0.25) is 0 Å². The van der Waals surface area contributed by atoms with Crippen molar-refractivity contribution in [2.45, 2.75) is 143 Å². The van der Waals surface area contributed by atoms with Gasteiger partial charge in [0.1, 0.15) is 0 Å². The van der Waals surface area contributed by atoms with Gasteiger partial charge in [-0.3, -0.25) is 0 Å². The van der Waals surface area contributed by atoms with Gasteiger partial charge < -0.3 is 9.80 Å². The summed E-state index contributed by atoms with van der Waals surface area (Å²) in [4.78, 5) is 5.02. The maximum atomic E-state index is 4.15. The predicted molar refractivity (Wildman–Crippen MR) is 251 cm³/mol. The Morgan fingerprint density at radius 3 is 1.35 bits per heavy atom. The van der Waals surface area contributed by atoms with Gasteiger partial charge in [-0.1, -0.05) is 132 Å². The molecule has 57 heavy (non-hydrogen) atoms. The second-order valence-corrected chi connectivity index (χ2v) is 22.4. The topological polar surface area (TPSA) is 6.48 Å². The lowest BCUT2D eigenvalue weighted by Crippen LogP contribution is -2.20. The van der Waals surface area contributed by atoms with Crippen molar-refractivity contribution >= 4 is 50.1 Å². The molecule has 5 aromatic rings.